The summed E-state index contributed by atoms with van der Waals surface area (Å²) in [4.78, 5) is 13.8. The molecule has 0 radical (unpaired) electrons. The minimum atomic E-state index is -0.513. The third-order valence-electron chi connectivity index (χ3n) is 3.30. The number of halogens is 2. The third-order valence-corrected chi connectivity index (χ3v) is 3.30. The van der Waals surface area contributed by atoms with Crippen LogP contribution in [0.4, 0.5) is 4.39 Å². The number of rotatable bonds is 3. The normalized spacial score (nSPS) is 17.7. The highest BCUT2D eigenvalue weighted by molar-refractivity contribution is 5.94. The first kappa shape index (κ1) is 15.7. The van der Waals surface area contributed by atoms with Crippen molar-refractivity contribution in [3.05, 3.63) is 29.6 Å². The van der Waals surface area contributed by atoms with Crippen LogP contribution >= 0.6 is 12.4 Å². The Bertz CT molecular complexity index is 450. The molecule has 1 aromatic carbocycles. The smallest absolute Gasteiger partial charge is 0.253 e. The van der Waals surface area contributed by atoms with Crippen LogP contribution in [0.15, 0.2) is 18.2 Å². The van der Waals surface area contributed by atoms with E-state index in [1.165, 1.54) is 19.2 Å². The van der Waals surface area contributed by atoms with Crippen molar-refractivity contribution >= 4 is 18.3 Å². The quantitative estimate of drug-likeness (QED) is 0.920. The van der Waals surface area contributed by atoms with Gasteiger partial charge in [0.25, 0.3) is 5.91 Å². The molecule has 1 N–H and O–H groups in total. The van der Waals surface area contributed by atoms with E-state index in [2.05, 4.69) is 5.32 Å². The maximum atomic E-state index is 13.5. The summed E-state index contributed by atoms with van der Waals surface area (Å²) in [5.41, 5.74) is 0.350. The fourth-order valence-electron chi connectivity index (χ4n) is 2.14. The topological polar surface area (TPSA) is 41.6 Å². The molecule has 106 valence electrons. The van der Waals surface area contributed by atoms with Gasteiger partial charge in [-0.25, -0.2) is 4.39 Å². The molecular weight excluding hydrogens is 271 g/mol. The fraction of sp³-hybridized carbons (Fsp3) is 0.462. The number of hydrogen-bond donors (Lipinski definition) is 1. The van der Waals surface area contributed by atoms with E-state index in [9.17, 15) is 9.18 Å². The van der Waals surface area contributed by atoms with E-state index in [0.29, 0.717) is 5.56 Å². The number of likely N-dealkylation sites (N-methyl/N-ethyl adjacent to an activating group) is 1. The Morgan fingerprint density at radius 3 is 2.79 bits per heavy atom. The van der Waals surface area contributed by atoms with Gasteiger partial charge in [-0.2, -0.15) is 0 Å². The Kier molecular flexibility index (Phi) is 5.57. The van der Waals surface area contributed by atoms with Crippen molar-refractivity contribution < 1.29 is 13.9 Å². The van der Waals surface area contributed by atoms with Gasteiger partial charge in [0.05, 0.1) is 7.11 Å². The number of carbonyl (C=O) groups is 1. The SMILES string of the molecule is COc1ccc(C(=O)N(C)C2CCNC2)cc1F.Cl. The zero-order chi connectivity index (χ0) is 13.1. The number of amides is 1. The predicted molar refractivity (Wildman–Crippen MR) is 73.6 cm³/mol. The van der Waals surface area contributed by atoms with Crippen LogP contribution in [-0.2, 0) is 0 Å². The molecule has 1 fully saturated rings. The molecule has 1 aliphatic rings. The first-order valence-corrected chi connectivity index (χ1v) is 5.95. The Labute approximate surface area is 118 Å². The van der Waals surface area contributed by atoms with Crippen LogP contribution in [0.5, 0.6) is 5.75 Å². The second-order valence-corrected chi connectivity index (χ2v) is 4.41. The zero-order valence-corrected chi connectivity index (χ0v) is 11.8. The number of ether oxygens (including phenoxy) is 1. The first-order chi connectivity index (χ1) is 8.63. The number of benzene rings is 1. The van der Waals surface area contributed by atoms with Crippen molar-refractivity contribution in [2.75, 3.05) is 27.2 Å². The van der Waals surface area contributed by atoms with Gasteiger partial charge in [0.15, 0.2) is 11.6 Å². The molecule has 4 nitrogen and oxygen atoms in total. The summed E-state index contributed by atoms with van der Waals surface area (Å²) in [6.07, 6.45) is 0.931. The number of hydrogen-bond acceptors (Lipinski definition) is 3. The molecule has 0 aromatic heterocycles. The third kappa shape index (κ3) is 3.36. The highest BCUT2D eigenvalue weighted by atomic mass is 35.5. The Balaban J connectivity index is 0.00000180. The van der Waals surface area contributed by atoms with Crippen LogP contribution in [0.3, 0.4) is 0 Å². The largest absolute Gasteiger partial charge is 0.494 e. The summed E-state index contributed by atoms with van der Waals surface area (Å²) in [7, 11) is 3.15. The van der Waals surface area contributed by atoms with Gasteiger partial charge in [-0.15, -0.1) is 12.4 Å². The van der Waals surface area contributed by atoms with E-state index in [-0.39, 0.29) is 30.1 Å². The van der Waals surface area contributed by atoms with Crippen LogP contribution in [-0.4, -0.2) is 44.1 Å². The fourth-order valence-corrected chi connectivity index (χ4v) is 2.14. The van der Waals surface area contributed by atoms with Gasteiger partial charge in [0, 0.05) is 25.2 Å². The predicted octanol–water partition coefficient (Wildman–Crippen LogP) is 1.69. The molecule has 1 saturated heterocycles. The lowest BCUT2D eigenvalue weighted by atomic mass is 10.1. The number of nitrogens with one attached hydrogen (secondary N) is 1. The average Bonchev–Trinajstić information content (AvgIpc) is 2.90. The molecule has 0 spiro atoms. The standard InChI is InChI=1S/C13H17FN2O2.ClH/c1-16(10-5-6-15-8-10)13(17)9-3-4-12(18-2)11(14)7-9;/h3-4,7,10,15H,5-6,8H2,1-2H3;1H. The average molecular weight is 289 g/mol. The number of carbonyl (C=O) groups excluding carboxylic acids is 1. The minimum Gasteiger partial charge on any atom is -0.494 e. The molecule has 1 heterocycles. The summed E-state index contributed by atoms with van der Waals surface area (Å²) >= 11 is 0. The molecule has 1 atom stereocenters. The van der Waals surface area contributed by atoms with Crippen molar-refractivity contribution in [2.24, 2.45) is 0 Å². The van der Waals surface area contributed by atoms with Gasteiger partial charge >= 0.3 is 0 Å². The Morgan fingerprint density at radius 2 is 2.26 bits per heavy atom. The van der Waals surface area contributed by atoms with E-state index >= 15 is 0 Å². The highest BCUT2D eigenvalue weighted by Crippen LogP contribution is 2.19. The summed E-state index contributed by atoms with van der Waals surface area (Å²) in [6.45, 7) is 1.71. The summed E-state index contributed by atoms with van der Waals surface area (Å²) < 4.78 is 18.4. The Hall–Kier alpha value is -1.33. The van der Waals surface area contributed by atoms with Crippen LogP contribution in [0.25, 0.3) is 0 Å². The maximum absolute atomic E-state index is 13.5. The maximum Gasteiger partial charge on any atom is 0.253 e. The lowest BCUT2D eigenvalue weighted by Crippen LogP contribution is -2.38. The van der Waals surface area contributed by atoms with Crippen LogP contribution in [0.1, 0.15) is 16.8 Å². The molecule has 1 amide bonds. The highest BCUT2D eigenvalue weighted by Gasteiger charge is 2.24. The Morgan fingerprint density at radius 1 is 1.53 bits per heavy atom. The summed E-state index contributed by atoms with van der Waals surface area (Å²) in [5.74, 6) is -0.525. The van der Waals surface area contributed by atoms with E-state index in [0.717, 1.165) is 19.5 Å². The van der Waals surface area contributed by atoms with Gasteiger partial charge in [-0.3, -0.25) is 4.79 Å². The van der Waals surface area contributed by atoms with Crippen molar-refractivity contribution in [1.82, 2.24) is 10.2 Å². The molecule has 6 heteroatoms. The molecule has 1 unspecified atom stereocenters. The minimum absolute atomic E-state index is 0. The van der Waals surface area contributed by atoms with Gasteiger partial charge in [-0.1, -0.05) is 0 Å². The second-order valence-electron chi connectivity index (χ2n) is 4.41. The summed E-state index contributed by atoms with van der Waals surface area (Å²) in [5, 5.41) is 3.20. The van der Waals surface area contributed by atoms with Crippen molar-refractivity contribution in [3.63, 3.8) is 0 Å². The van der Waals surface area contributed by atoms with E-state index < -0.39 is 5.82 Å². The van der Waals surface area contributed by atoms with E-state index in [4.69, 9.17) is 4.74 Å². The molecule has 19 heavy (non-hydrogen) atoms. The second kappa shape index (κ2) is 6.73. The molecule has 1 aromatic rings. The number of methoxy groups -OCH3 is 1. The van der Waals surface area contributed by atoms with Crippen LogP contribution in [0.2, 0.25) is 0 Å². The molecule has 2 rings (SSSR count). The van der Waals surface area contributed by atoms with Crippen LogP contribution in [0, 0.1) is 5.82 Å². The molecular formula is C13H18ClFN2O2. The molecule has 0 saturated carbocycles. The van der Waals surface area contributed by atoms with Crippen molar-refractivity contribution in [2.45, 2.75) is 12.5 Å². The van der Waals surface area contributed by atoms with E-state index in [1.54, 1.807) is 18.0 Å². The first-order valence-electron chi connectivity index (χ1n) is 5.95. The lowest BCUT2D eigenvalue weighted by molar-refractivity contribution is 0.0743. The zero-order valence-electron chi connectivity index (χ0n) is 11.0. The van der Waals surface area contributed by atoms with Crippen molar-refractivity contribution in [3.8, 4) is 5.75 Å². The molecule has 0 bridgehead atoms. The molecule has 1 aliphatic heterocycles. The van der Waals surface area contributed by atoms with Crippen molar-refractivity contribution in [1.29, 1.82) is 0 Å². The monoisotopic (exact) mass is 288 g/mol. The van der Waals surface area contributed by atoms with Gasteiger partial charge in [-0.05, 0) is 31.2 Å². The number of nitrogens with zero attached hydrogens (tertiary/aromatic N) is 1. The van der Waals surface area contributed by atoms with Gasteiger partial charge < -0.3 is 15.0 Å². The van der Waals surface area contributed by atoms with E-state index in [1.807, 2.05) is 0 Å². The molecule has 0 aliphatic carbocycles. The summed E-state index contributed by atoms with van der Waals surface area (Å²) in [6, 6.07) is 4.47. The van der Waals surface area contributed by atoms with Gasteiger partial charge in [0.1, 0.15) is 0 Å². The lowest BCUT2D eigenvalue weighted by Gasteiger charge is -2.23. The van der Waals surface area contributed by atoms with Gasteiger partial charge in [0.2, 0.25) is 0 Å². The van der Waals surface area contributed by atoms with Crippen LogP contribution < -0.4 is 10.1 Å².